The molecule has 0 saturated heterocycles. The van der Waals surface area contributed by atoms with Gasteiger partial charge in [-0.05, 0) is 31.3 Å². The molecule has 1 aromatic heterocycles. The van der Waals surface area contributed by atoms with Crippen molar-refractivity contribution >= 4 is 17.4 Å². The Labute approximate surface area is 98.6 Å². The maximum atomic E-state index is 4.52. The quantitative estimate of drug-likeness (QED) is 0.599. The maximum absolute atomic E-state index is 4.52. The van der Waals surface area contributed by atoms with Gasteiger partial charge in [0.25, 0.3) is 0 Å². The van der Waals surface area contributed by atoms with E-state index in [1.54, 1.807) is 4.80 Å². The minimum absolute atomic E-state index is 0.433. The number of aromatic nitrogens is 3. The third-order valence-electron chi connectivity index (χ3n) is 2.16. The molecule has 80 valence electrons. The Morgan fingerprint density at radius 3 is 2.75 bits per heavy atom. The number of para-hydroxylation sites is 1. The number of hydrogen-bond donors (Lipinski definition) is 0. The molecule has 0 aliphatic carbocycles. The Morgan fingerprint density at radius 2 is 2.06 bits per heavy atom. The molecule has 1 heterocycles. The lowest BCUT2D eigenvalue weighted by Crippen LogP contribution is -1.98. The molecule has 0 atom stereocenters. The Kier molecular flexibility index (Phi) is 3.19. The van der Waals surface area contributed by atoms with Crippen LogP contribution in [0, 0.1) is 6.92 Å². The summed E-state index contributed by atoms with van der Waals surface area (Å²) in [6.07, 6.45) is 0. The zero-order valence-corrected chi connectivity index (χ0v) is 9.61. The van der Waals surface area contributed by atoms with Crippen molar-refractivity contribution in [2.45, 2.75) is 13.5 Å². The first-order valence-corrected chi connectivity index (χ1v) is 5.24. The first-order valence-electron chi connectivity index (χ1n) is 4.83. The van der Waals surface area contributed by atoms with E-state index >= 15 is 0 Å². The van der Waals surface area contributed by atoms with Gasteiger partial charge in [-0.2, -0.15) is 15.0 Å². The molecule has 0 saturated carbocycles. The number of nitrogens with zero attached hydrogens (tertiary/aromatic N) is 4. The van der Waals surface area contributed by atoms with Gasteiger partial charge >= 0.3 is 0 Å². The topological polar surface area (TPSA) is 43.1 Å². The van der Waals surface area contributed by atoms with Gasteiger partial charge in [-0.1, -0.05) is 18.2 Å². The zero-order chi connectivity index (χ0) is 11.4. The van der Waals surface area contributed by atoms with E-state index in [0.29, 0.717) is 6.54 Å². The van der Waals surface area contributed by atoms with E-state index in [0.717, 1.165) is 17.1 Å². The lowest BCUT2D eigenvalue weighted by atomic mass is 10.3. The lowest BCUT2D eigenvalue weighted by Gasteiger charge is -1.96. The van der Waals surface area contributed by atoms with E-state index in [-0.39, 0.29) is 0 Å². The SMILES string of the molecule is Cc1nn(-c2ccccc2)nc1CN=C=S. The molecule has 16 heavy (non-hydrogen) atoms. The monoisotopic (exact) mass is 230 g/mol. The van der Waals surface area contributed by atoms with E-state index in [4.69, 9.17) is 0 Å². The standard InChI is InChI=1S/C11H10N4S/c1-9-11(7-12-8-16)14-15(13-9)10-5-3-2-4-6-10/h2-6H,7H2,1H3. The molecule has 0 aliphatic heterocycles. The normalized spacial score (nSPS) is 9.81. The number of aryl methyl sites for hydroxylation is 1. The smallest absolute Gasteiger partial charge is 0.108 e. The molecule has 0 spiro atoms. The third-order valence-corrected chi connectivity index (χ3v) is 2.29. The summed E-state index contributed by atoms with van der Waals surface area (Å²) in [6.45, 7) is 2.34. The summed E-state index contributed by atoms with van der Waals surface area (Å²) < 4.78 is 0. The predicted molar refractivity (Wildman–Crippen MR) is 64.8 cm³/mol. The summed E-state index contributed by atoms with van der Waals surface area (Å²) >= 11 is 4.52. The van der Waals surface area contributed by atoms with Crippen LogP contribution in [0.3, 0.4) is 0 Å². The van der Waals surface area contributed by atoms with Crippen molar-refractivity contribution in [2.24, 2.45) is 4.99 Å². The van der Waals surface area contributed by atoms with E-state index in [1.165, 1.54) is 0 Å². The van der Waals surface area contributed by atoms with Crippen molar-refractivity contribution < 1.29 is 0 Å². The number of thiocarbonyl (C=S) groups is 1. The molecule has 5 heteroatoms. The van der Waals surface area contributed by atoms with Gasteiger partial charge in [-0.3, -0.25) is 0 Å². The van der Waals surface area contributed by atoms with Crippen molar-refractivity contribution in [3.05, 3.63) is 41.7 Å². The molecule has 0 aliphatic rings. The molecule has 0 unspecified atom stereocenters. The lowest BCUT2D eigenvalue weighted by molar-refractivity contribution is 0.735. The summed E-state index contributed by atoms with van der Waals surface area (Å²) in [5, 5.41) is 11.0. The van der Waals surface area contributed by atoms with Crippen LogP contribution >= 0.6 is 12.2 Å². The van der Waals surface area contributed by atoms with Crippen LogP contribution < -0.4 is 0 Å². The highest BCUT2D eigenvalue weighted by atomic mass is 32.1. The second kappa shape index (κ2) is 4.79. The Morgan fingerprint density at radius 1 is 1.31 bits per heavy atom. The molecule has 0 N–H and O–H groups in total. The molecule has 0 bridgehead atoms. The van der Waals surface area contributed by atoms with Gasteiger partial charge in [0, 0.05) is 0 Å². The molecule has 2 aromatic rings. The van der Waals surface area contributed by atoms with Crippen LogP contribution in [0.4, 0.5) is 0 Å². The Balaban J connectivity index is 2.34. The maximum Gasteiger partial charge on any atom is 0.108 e. The predicted octanol–water partition coefficient (Wildman–Crippen LogP) is 2.18. The minimum atomic E-state index is 0.433. The molecule has 4 nitrogen and oxygen atoms in total. The fourth-order valence-electron chi connectivity index (χ4n) is 1.34. The summed E-state index contributed by atoms with van der Waals surface area (Å²) in [4.78, 5) is 5.46. The summed E-state index contributed by atoms with van der Waals surface area (Å²) in [6, 6.07) is 9.75. The van der Waals surface area contributed by atoms with Crippen LogP contribution in [-0.2, 0) is 6.54 Å². The third kappa shape index (κ3) is 2.21. The van der Waals surface area contributed by atoms with E-state index in [2.05, 4.69) is 32.6 Å². The van der Waals surface area contributed by atoms with Crippen LogP contribution in [0.5, 0.6) is 0 Å². The van der Waals surface area contributed by atoms with Gasteiger partial charge < -0.3 is 0 Å². The van der Waals surface area contributed by atoms with Gasteiger partial charge in [0.1, 0.15) is 5.69 Å². The summed E-state index contributed by atoms with van der Waals surface area (Å²) in [5.41, 5.74) is 2.61. The van der Waals surface area contributed by atoms with Gasteiger partial charge in [0.15, 0.2) is 0 Å². The molecule has 2 rings (SSSR count). The summed E-state index contributed by atoms with van der Waals surface area (Å²) in [7, 11) is 0. The van der Waals surface area contributed by atoms with Gasteiger partial charge in [0.05, 0.1) is 23.1 Å². The van der Waals surface area contributed by atoms with Crippen molar-refractivity contribution in [1.82, 2.24) is 15.0 Å². The molecule has 0 radical (unpaired) electrons. The van der Waals surface area contributed by atoms with E-state index in [1.807, 2.05) is 37.3 Å². The van der Waals surface area contributed by atoms with Gasteiger partial charge in [-0.25, -0.2) is 4.99 Å². The fourth-order valence-corrected chi connectivity index (χ4v) is 1.40. The average molecular weight is 230 g/mol. The number of aliphatic imine (C=N–C) groups is 1. The van der Waals surface area contributed by atoms with Gasteiger partial charge in [-0.15, -0.1) is 0 Å². The number of benzene rings is 1. The highest BCUT2D eigenvalue weighted by molar-refractivity contribution is 7.78. The second-order valence-electron chi connectivity index (χ2n) is 3.26. The Bertz CT molecular complexity index is 526. The number of isothiocyanates is 1. The van der Waals surface area contributed by atoms with Crippen LogP contribution in [0.25, 0.3) is 5.69 Å². The van der Waals surface area contributed by atoms with Crippen LogP contribution in [0.2, 0.25) is 0 Å². The van der Waals surface area contributed by atoms with Crippen molar-refractivity contribution in [3.63, 3.8) is 0 Å². The first-order chi connectivity index (χ1) is 7.81. The second-order valence-corrected chi connectivity index (χ2v) is 3.45. The van der Waals surface area contributed by atoms with Crippen molar-refractivity contribution in [3.8, 4) is 5.69 Å². The number of hydrogen-bond acceptors (Lipinski definition) is 4. The Hall–Kier alpha value is -1.84. The highest BCUT2D eigenvalue weighted by Crippen LogP contribution is 2.08. The molecule has 0 fully saturated rings. The van der Waals surface area contributed by atoms with Crippen molar-refractivity contribution in [1.29, 1.82) is 0 Å². The fraction of sp³-hybridized carbons (Fsp3) is 0.182. The van der Waals surface area contributed by atoms with Crippen LogP contribution in [0.1, 0.15) is 11.4 Å². The molecule has 0 amide bonds. The van der Waals surface area contributed by atoms with Gasteiger partial charge in [0.2, 0.25) is 0 Å². The number of rotatable bonds is 3. The van der Waals surface area contributed by atoms with E-state index < -0.39 is 0 Å². The first kappa shape index (κ1) is 10.7. The summed E-state index contributed by atoms with van der Waals surface area (Å²) in [5.74, 6) is 0. The molecular formula is C11H10N4S. The van der Waals surface area contributed by atoms with Crippen molar-refractivity contribution in [2.75, 3.05) is 0 Å². The minimum Gasteiger partial charge on any atom is -0.226 e. The van der Waals surface area contributed by atoms with Crippen LogP contribution in [0.15, 0.2) is 35.3 Å². The average Bonchev–Trinajstić information content (AvgIpc) is 2.69. The van der Waals surface area contributed by atoms with Crippen LogP contribution in [-0.4, -0.2) is 20.2 Å². The molecule has 1 aromatic carbocycles. The largest absolute Gasteiger partial charge is 0.226 e. The highest BCUT2D eigenvalue weighted by Gasteiger charge is 2.06. The molecular weight excluding hydrogens is 220 g/mol. The zero-order valence-electron chi connectivity index (χ0n) is 8.79. The van der Waals surface area contributed by atoms with E-state index in [9.17, 15) is 0 Å².